The van der Waals surface area contributed by atoms with E-state index in [0.717, 1.165) is 18.4 Å². The fraction of sp³-hybridized carbons (Fsp3) is 0.524. The molecule has 1 N–H and O–H groups in total. The summed E-state index contributed by atoms with van der Waals surface area (Å²) in [4.78, 5) is 27.1. The molecule has 1 saturated heterocycles. The Labute approximate surface area is 160 Å². The van der Waals surface area contributed by atoms with Crippen molar-refractivity contribution < 1.29 is 19.1 Å². The Hall–Kier alpha value is -2.50. The molecule has 6 nitrogen and oxygen atoms in total. The second-order valence-electron chi connectivity index (χ2n) is 7.30. The summed E-state index contributed by atoms with van der Waals surface area (Å²) in [6, 6.07) is 5.83. The molecule has 1 aliphatic carbocycles. The quantitative estimate of drug-likeness (QED) is 0.746. The van der Waals surface area contributed by atoms with Gasteiger partial charge in [0, 0.05) is 31.5 Å². The van der Waals surface area contributed by atoms with Crippen LogP contribution in [0.4, 0.5) is 0 Å². The molecule has 146 valence electrons. The van der Waals surface area contributed by atoms with Gasteiger partial charge in [-0.05, 0) is 37.0 Å². The number of rotatable bonds is 7. The largest absolute Gasteiger partial charge is 0.493 e. The molecule has 1 saturated carbocycles. The highest BCUT2D eigenvalue weighted by Gasteiger charge is 2.39. The molecule has 3 rings (SSSR count). The normalized spacial score (nSPS) is 22.1. The van der Waals surface area contributed by atoms with Gasteiger partial charge in [0.15, 0.2) is 11.5 Å². The van der Waals surface area contributed by atoms with Crippen molar-refractivity contribution in [2.45, 2.75) is 25.2 Å². The average Bonchev–Trinajstić information content (AvgIpc) is 3.55. The van der Waals surface area contributed by atoms with Gasteiger partial charge in [-0.15, -0.1) is 6.58 Å². The van der Waals surface area contributed by atoms with Gasteiger partial charge in [-0.2, -0.15) is 0 Å². The van der Waals surface area contributed by atoms with Crippen LogP contribution in [-0.2, 0) is 9.59 Å². The molecule has 6 heteroatoms. The second-order valence-corrected chi connectivity index (χ2v) is 7.30. The van der Waals surface area contributed by atoms with Crippen LogP contribution in [0.25, 0.3) is 0 Å². The van der Waals surface area contributed by atoms with Crippen molar-refractivity contribution in [2.24, 2.45) is 11.8 Å². The van der Waals surface area contributed by atoms with Crippen LogP contribution in [0.15, 0.2) is 30.9 Å². The van der Waals surface area contributed by atoms with Crippen molar-refractivity contribution in [3.63, 3.8) is 0 Å². The zero-order valence-electron chi connectivity index (χ0n) is 16.1. The molecule has 1 aromatic carbocycles. The van der Waals surface area contributed by atoms with E-state index in [1.165, 1.54) is 0 Å². The molecule has 2 aliphatic rings. The van der Waals surface area contributed by atoms with Crippen LogP contribution in [0.5, 0.6) is 11.5 Å². The number of carbonyl (C=O) groups excluding carboxylic acids is 2. The first-order valence-corrected chi connectivity index (χ1v) is 9.46. The standard InChI is InChI=1S/C21H28N2O4/c1-4-9-22-20(24)17-10-16(12-23(13-17)21(25)14-5-6-14)15-7-8-18(26-2)19(11-15)27-3/h4,7-8,11,14,16-17H,1,5-6,9-10,12-13H2,2-3H3,(H,22,24). The number of nitrogens with zero attached hydrogens (tertiary/aromatic N) is 1. The fourth-order valence-electron chi connectivity index (χ4n) is 3.72. The molecule has 2 fully saturated rings. The number of hydrogen-bond acceptors (Lipinski definition) is 4. The maximum atomic E-state index is 12.7. The Morgan fingerprint density at radius 3 is 2.56 bits per heavy atom. The summed E-state index contributed by atoms with van der Waals surface area (Å²) in [6.07, 6.45) is 4.29. The molecular weight excluding hydrogens is 344 g/mol. The number of ether oxygens (including phenoxy) is 2. The van der Waals surface area contributed by atoms with Crippen molar-refractivity contribution in [1.29, 1.82) is 0 Å². The van der Waals surface area contributed by atoms with Crippen molar-refractivity contribution in [3.8, 4) is 11.5 Å². The molecule has 1 aliphatic heterocycles. The minimum absolute atomic E-state index is 0.0197. The smallest absolute Gasteiger partial charge is 0.225 e. The zero-order chi connectivity index (χ0) is 19.4. The Bertz CT molecular complexity index is 714. The molecule has 2 atom stereocenters. The van der Waals surface area contributed by atoms with Gasteiger partial charge in [-0.25, -0.2) is 0 Å². The third-order valence-electron chi connectivity index (χ3n) is 5.36. The Morgan fingerprint density at radius 1 is 1.19 bits per heavy atom. The number of likely N-dealkylation sites (tertiary alicyclic amines) is 1. The number of hydrogen-bond donors (Lipinski definition) is 1. The first-order chi connectivity index (χ1) is 13.1. The molecule has 2 unspecified atom stereocenters. The van der Waals surface area contributed by atoms with Gasteiger partial charge < -0.3 is 19.7 Å². The molecular formula is C21H28N2O4. The van der Waals surface area contributed by atoms with Crippen LogP contribution < -0.4 is 14.8 Å². The van der Waals surface area contributed by atoms with Crippen LogP contribution in [0.1, 0.15) is 30.7 Å². The van der Waals surface area contributed by atoms with Crippen LogP contribution >= 0.6 is 0 Å². The molecule has 0 aromatic heterocycles. The molecule has 0 spiro atoms. The van der Waals surface area contributed by atoms with Gasteiger partial charge in [-0.1, -0.05) is 12.1 Å². The number of piperidine rings is 1. The van der Waals surface area contributed by atoms with Gasteiger partial charge in [-0.3, -0.25) is 9.59 Å². The lowest BCUT2D eigenvalue weighted by Crippen LogP contribution is -2.48. The predicted octanol–water partition coefficient (Wildman–Crippen LogP) is 2.35. The molecule has 1 heterocycles. The topological polar surface area (TPSA) is 67.9 Å². The third-order valence-corrected chi connectivity index (χ3v) is 5.36. The van der Waals surface area contributed by atoms with Crippen molar-refractivity contribution in [3.05, 3.63) is 36.4 Å². The number of methoxy groups -OCH3 is 2. The third kappa shape index (κ3) is 4.43. The summed E-state index contributed by atoms with van der Waals surface area (Å²) in [5.41, 5.74) is 1.06. The second kappa shape index (κ2) is 8.46. The van der Waals surface area contributed by atoms with Crippen LogP contribution in [0, 0.1) is 11.8 Å². The predicted molar refractivity (Wildman–Crippen MR) is 103 cm³/mol. The van der Waals surface area contributed by atoms with E-state index in [4.69, 9.17) is 9.47 Å². The lowest BCUT2D eigenvalue weighted by molar-refractivity contribution is -0.137. The Balaban J connectivity index is 1.82. The van der Waals surface area contributed by atoms with E-state index >= 15 is 0 Å². The first-order valence-electron chi connectivity index (χ1n) is 9.46. The lowest BCUT2D eigenvalue weighted by Gasteiger charge is -2.37. The van der Waals surface area contributed by atoms with E-state index in [1.54, 1.807) is 20.3 Å². The number of amides is 2. The summed E-state index contributed by atoms with van der Waals surface area (Å²) in [6.45, 7) is 5.21. The van der Waals surface area contributed by atoms with Crippen LogP contribution in [0.3, 0.4) is 0 Å². The van der Waals surface area contributed by atoms with E-state index in [-0.39, 0.29) is 29.6 Å². The highest BCUT2D eigenvalue weighted by atomic mass is 16.5. The molecule has 2 amide bonds. The summed E-state index contributed by atoms with van der Waals surface area (Å²) in [7, 11) is 3.21. The molecule has 1 aromatic rings. The number of benzene rings is 1. The highest BCUT2D eigenvalue weighted by Crippen LogP contribution is 2.38. The molecule has 0 radical (unpaired) electrons. The lowest BCUT2D eigenvalue weighted by atomic mass is 9.83. The number of carbonyl (C=O) groups is 2. The van der Waals surface area contributed by atoms with Gasteiger partial charge in [0.25, 0.3) is 0 Å². The maximum absolute atomic E-state index is 12.7. The monoisotopic (exact) mass is 372 g/mol. The van der Waals surface area contributed by atoms with Gasteiger partial charge in [0.1, 0.15) is 0 Å². The van der Waals surface area contributed by atoms with Crippen LogP contribution in [-0.4, -0.2) is 50.6 Å². The SMILES string of the molecule is C=CCNC(=O)C1CC(c2ccc(OC)c(OC)c2)CN(C(=O)C2CC2)C1. The minimum Gasteiger partial charge on any atom is -0.493 e. The van der Waals surface area contributed by atoms with Crippen molar-refractivity contribution in [1.82, 2.24) is 10.2 Å². The van der Waals surface area contributed by atoms with E-state index in [1.807, 2.05) is 23.1 Å². The number of nitrogens with one attached hydrogen (secondary N) is 1. The Kier molecular flexibility index (Phi) is 6.04. The zero-order valence-corrected chi connectivity index (χ0v) is 16.1. The molecule has 27 heavy (non-hydrogen) atoms. The summed E-state index contributed by atoms with van der Waals surface area (Å²) >= 11 is 0. The first kappa shape index (κ1) is 19.3. The Morgan fingerprint density at radius 2 is 1.93 bits per heavy atom. The van der Waals surface area contributed by atoms with Gasteiger partial charge in [0.05, 0.1) is 20.1 Å². The molecule has 0 bridgehead atoms. The summed E-state index contributed by atoms with van der Waals surface area (Å²) in [5, 5.41) is 2.88. The minimum atomic E-state index is -0.223. The van der Waals surface area contributed by atoms with Gasteiger partial charge in [0.2, 0.25) is 11.8 Å². The van der Waals surface area contributed by atoms with Crippen molar-refractivity contribution >= 4 is 11.8 Å². The average molecular weight is 372 g/mol. The van der Waals surface area contributed by atoms with Crippen LogP contribution in [0.2, 0.25) is 0 Å². The van der Waals surface area contributed by atoms with E-state index in [0.29, 0.717) is 37.6 Å². The summed E-state index contributed by atoms with van der Waals surface area (Å²) in [5.74, 6) is 1.50. The van der Waals surface area contributed by atoms with E-state index < -0.39 is 0 Å². The highest BCUT2D eigenvalue weighted by molar-refractivity contribution is 5.84. The van der Waals surface area contributed by atoms with Crippen molar-refractivity contribution in [2.75, 3.05) is 33.9 Å². The fourth-order valence-corrected chi connectivity index (χ4v) is 3.72. The summed E-state index contributed by atoms with van der Waals surface area (Å²) < 4.78 is 10.7. The van der Waals surface area contributed by atoms with E-state index in [2.05, 4.69) is 11.9 Å². The maximum Gasteiger partial charge on any atom is 0.225 e. The van der Waals surface area contributed by atoms with Gasteiger partial charge >= 0.3 is 0 Å². The van der Waals surface area contributed by atoms with E-state index in [9.17, 15) is 9.59 Å².